The van der Waals surface area contributed by atoms with Gasteiger partial charge in [-0.3, -0.25) is 4.91 Å². The van der Waals surface area contributed by atoms with Gasteiger partial charge in [-0.25, -0.2) is 0 Å². The third-order valence-corrected chi connectivity index (χ3v) is 10.8. The van der Waals surface area contributed by atoms with Crippen LogP contribution in [0.5, 0.6) is 0 Å². The molecule has 136 valence electrons. The van der Waals surface area contributed by atoms with E-state index < -0.39 is 0 Å². The summed E-state index contributed by atoms with van der Waals surface area (Å²) in [6, 6.07) is 0. The average Bonchev–Trinajstić information content (AvgIpc) is 2.59. The Labute approximate surface area is 159 Å². The first-order chi connectivity index (χ1) is 10.9. The van der Waals surface area contributed by atoms with Gasteiger partial charge in [-0.15, -0.1) is 0 Å². The quantitative estimate of drug-likeness (QED) is 0.126. The molecule has 5 heteroatoms. The molecular weight excluding hydrogens is 486 g/mol. The van der Waals surface area contributed by atoms with Gasteiger partial charge in [0.2, 0.25) is 0 Å². The van der Waals surface area contributed by atoms with Gasteiger partial charge in [-0.1, -0.05) is 19.3 Å². The first-order valence-corrected chi connectivity index (χ1v) is 11.4. The van der Waals surface area contributed by atoms with E-state index in [1.807, 2.05) is 0 Å². The van der Waals surface area contributed by atoms with Gasteiger partial charge in [0.15, 0.2) is 0 Å². The van der Waals surface area contributed by atoms with E-state index in [0.717, 1.165) is 0 Å². The van der Waals surface area contributed by atoms with Crippen molar-refractivity contribution < 1.29 is 22.4 Å². The maximum absolute atomic E-state index is 6.75. The summed E-state index contributed by atoms with van der Waals surface area (Å²) in [5.74, 6) is 0. The van der Waals surface area contributed by atoms with E-state index in [1.54, 1.807) is 96.3 Å². The van der Waals surface area contributed by atoms with E-state index in [0.29, 0.717) is 0 Å². The molecule has 0 atom stereocenters. The monoisotopic (exact) mass is 520 g/mol. The molecule has 0 bridgehead atoms. The molecule has 0 aromatic carbocycles. The van der Waals surface area contributed by atoms with Gasteiger partial charge in [0, 0.05) is 7.92 Å². The van der Waals surface area contributed by atoms with E-state index >= 15 is 0 Å². The Morgan fingerprint density at radius 2 is 0.739 bits per heavy atom. The predicted octanol–water partition coefficient (Wildman–Crippen LogP) is 7.06. The Hall–Kier alpha value is 0.480. The Bertz CT molecular complexity index is 286. The zero-order valence-electron chi connectivity index (χ0n) is 14.5. The molecule has 0 aromatic rings. The van der Waals surface area contributed by atoms with Crippen molar-refractivity contribution in [1.29, 1.82) is 0 Å². The average molecular weight is 520 g/mol. The van der Waals surface area contributed by atoms with Crippen LogP contribution in [0.3, 0.4) is 0 Å². The third-order valence-electron chi connectivity index (χ3n) is 6.23. The second-order valence-corrected chi connectivity index (χ2v) is 11.0. The van der Waals surface area contributed by atoms with Crippen LogP contribution in [0.4, 0.5) is 0 Å². The van der Waals surface area contributed by atoms with Gasteiger partial charge in [-0.05, 0) is 77.0 Å². The van der Waals surface area contributed by atoms with Crippen molar-refractivity contribution in [3.63, 3.8) is 0 Å². The molecule has 0 radical (unpaired) electrons. The fourth-order valence-electron chi connectivity index (χ4n) is 5.31. The molecule has 3 saturated carbocycles. The molecule has 0 aromatic heterocycles. The normalized spacial score (nSPS) is 24.2. The Morgan fingerprint density at radius 1 is 0.522 bits per heavy atom. The van der Waals surface area contributed by atoms with Crippen LogP contribution in [-0.2, 0) is 22.4 Å². The number of nitrogens with zero attached hydrogens (tertiary/aromatic N) is 3. The molecule has 3 rings (SSSR count). The first-order valence-electron chi connectivity index (χ1n) is 9.72. The predicted molar refractivity (Wildman–Crippen MR) is 99.0 cm³/mol. The molecule has 0 spiro atoms. The SMILES string of the molecule is C1CCC([PH+](C2CCCCC2)C2CCCCC2)CC1.[Au+].[N-]=[N+]=[N-]. The summed E-state index contributed by atoms with van der Waals surface area (Å²) < 4.78 is 0. The third kappa shape index (κ3) is 7.09. The van der Waals surface area contributed by atoms with E-state index in [9.17, 15) is 0 Å². The van der Waals surface area contributed by atoms with Crippen LogP contribution in [0.15, 0.2) is 0 Å². The van der Waals surface area contributed by atoms with Gasteiger partial charge >= 0.3 is 22.4 Å². The van der Waals surface area contributed by atoms with Crippen LogP contribution in [0, 0.1) is 0 Å². The number of hydrogen-bond acceptors (Lipinski definition) is 0. The zero-order valence-corrected chi connectivity index (χ0v) is 17.6. The van der Waals surface area contributed by atoms with E-state index in [1.165, 1.54) is 21.9 Å². The molecule has 0 amide bonds. The van der Waals surface area contributed by atoms with Crippen molar-refractivity contribution in [2.45, 2.75) is 113 Å². The molecule has 0 aliphatic heterocycles. The summed E-state index contributed by atoms with van der Waals surface area (Å²) in [6.45, 7) is 0. The smallest absolute Gasteiger partial charge is 0.373 e. The molecular formula is C18H34AuN3P+. The second-order valence-electron chi connectivity index (χ2n) is 7.59. The molecule has 0 N–H and O–H groups in total. The van der Waals surface area contributed by atoms with Crippen LogP contribution in [0.1, 0.15) is 96.3 Å². The molecule has 0 unspecified atom stereocenters. The Balaban J connectivity index is 0.000000615. The van der Waals surface area contributed by atoms with Gasteiger partial charge in [0.1, 0.15) is 0 Å². The van der Waals surface area contributed by atoms with Crippen molar-refractivity contribution in [2.75, 3.05) is 0 Å². The van der Waals surface area contributed by atoms with Gasteiger partial charge < -0.3 is 11.1 Å². The summed E-state index contributed by atoms with van der Waals surface area (Å²) in [6.07, 6.45) is 23.8. The summed E-state index contributed by atoms with van der Waals surface area (Å²) in [5.41, 5.74) is 17.2. The first kappa shape index (κ1) is 21.5. The number of hydrogen-bond donors (Lipinski definition) is 0. The van der Waals surface area contributed by atoms with Crippen molar-refractivity contribution in [1.82, 2.24) is 0 Å². The van der Waals surface area contributed by atoms with Gasteiger partial charge in [-0.2, -0.15) is 0 Å². The van der Waals surface area contributed by atoms with Crippen molar-refractivity contribution in [2.24, 2.45) is 0 Å². The summed E-state index contributed by atoms with van der Waals surface area (Å²) in [7, 11) is -0.0465. The summed E-state index contributed by atoms with van der Waals surface area (Å²) in [5, 5.41) is 0. The molecule has 3 fully saturated rings. The summed E-state index contributed by atoms with van der Waals surface area (Å²) in [4.78, 5) is 1.50. The van der Waals surface area contributed by atoms with E-state index in [2.05, 4.69) is 0 Å². The van der Waals surface area contributed by atoms with Crippen LogP contribution < -0.4 is 0 Å². The summed E-state index contributed by atoms with van der Waals surface area (Å²) >= 11 is 0. The Morgan fingerprint density at radius 3 is 0.957 bits per heavy atom. The van der Waals surface area contributed by atoms with Gasteiger partial charge in [0.05, 0.1) is 17.0 Å². The van der Waals surface area contributed by atoms with Crippen molar-refractivity contribution in [3.8, 4) is 0 Å². The Kier molecular flexibility index (Phi) is 12.0. The fraction of sp³-hybridized carbons (Fsp3) is 1.00. The largest absolute Gasteiger partial charge is 1.00 e. The minimum atomic E-state index is -0.0465. The molecule has 0 saturated heterocycles. The maximum Gasteiger partial charge on any atom is 1.00 e. The fourth-order valence-corrected chi connectivity index (χ4v) is 10.5. The van der Waals surface area contributed by atoms with E-state index in [4.69, 9.17) is 11.1 Å². The van der Waals surface area contributed by atoms with Crippen molar-refractivity contribution in [3.05, 3.63) is 16.0 Å². The molecule has 3 nitrogen and oxygen atoms in total. The van der Waals surface area contributed by atoms with Gasteiger partial charge in [0.25, 0.3) is 0 Å². The molecule has 3 aliphatic rings. The van der Waals surface area contributed by atoms with Crippen LogP contribution in [0.25, 0.3) is 16.0 Å². The maximum atomic E-state index is 6.75. The van der Waals surface area contributed by atoms with Crippen molar-refractivity contribution >= 4 is 7.92 Å². The standard InChI is InChI=1S/C18H33P.Au.N3/c1-4-10-16(11-5-1)19(17-12-6-2-7-13-17)18-14-8-3-9-15-18;;1-3-2/h16-18H,1-15H2;;/q;+1;-1/p+1. The number of rotatable bonds is 3. The minimum absolute atomic E-state index is 0. The zero-order chi connectivity index (χ0) is 15.6. The van der Waals surface area contributed by atoms with E-state index in [-0.39, 0.29) is 30.3 Å². The van der Waals surface area contributed by atoms with Crippen LogP contribution >= 0.6 is 7.92 Å². The molecule has 0 heterocycles. The van der Waals surface area contributed by atoms with Crippen LogP contribution in [-0.4, -0.2) is 17.0 Å². The second kappa shape index (κ2) is 12.8. The topological polar surface area (TPSA) is 58.7 Å². The molecule has 23 heavy (non-hydrogen) atoms. The molecule has 3 aliphatic carbocycles. The minimum Gasteiger partial charge on any atom is -0.373 e. The van der Waals surface area contributed by atoms with Crippen LogP contribution in [0.2, 0.25) is 0 Å².